The maximum atomic E-state index is 9.94. The molecular weight excluding hydrogens is 460 g/mol. The van der Waals surface area contributed by atoms with E-state index in [0.717, 1.165) is 45.2 Å². The van der Waals surface area contributed by atoms with Crippen LogP contribution in [0.3, 0.4) is 0 Å². The number of carbonyl (C=O) groups excluding carboxylic acids is 1. The Morgan fingerprint density at radius 1 is 0.486 bits per heavy atom. The van der Waals surface area contributed by atoms with Gasteiger partial charge in [0.15, 0.2) is 0 Å². The highest BCUT2D eigenvalue weighted by molar-refractivity contribution is 5.48. The average molecular weight is 529 g/mol. The van der Waals surface area contributed by atoms with Gasteiger partial charge in [0.1, 0.15) is 12.4 Å². The molecule has 0 heterocycles. The van der Waals surface area contributed by atoms with E-state index in [1.807, 2.05) is 0 Å². The van der Waals surface area contributed by atoms with E-state index in [0.29, 0.717) is 13.2 Å². The molecule has 0 spiro atoms. The van der Waals surface area contributed by atoms with Gasteiger partial charge in [0.2, 0.25) is 0 Å². The molecule has 0 saturated heterocycles. The number of aliphatic hydroxyl groups excluding tert-OH is 1. The highest BCUT2D eigenvalue weighted by Gasteiger charge is 2.04. The fourth-order valence-electron chi connectivity index (χ4n) is 4.35. The van der Waals surface area contributed by atoms with Crippen molar-refractivity contribution in [2.45, 2.75) is 181 Å². The summed E-state index contributed by atoms with van der Waals surface area (Å²) in [6.07, 6.45) is 31.3. The van der Waals surface area contributed by atoms with Crippen LogP contribution < -0.4 is 0 Å². The molecule has 0 radical (unpaired) electrons. The third-order valence-electron chi connectivity index (χ3n) is 6.83. The van der Waals surface area contributed by atoms with Crippen molar-refractivity contribution in [1.82, 2.24) is 0 Å². The van der Waals surface area contributed by atoms with E-state index >= 15 is 0 Å². The molecule has 0 aliphatic heterocycles. The van der Waals surface area contributed by atoms with E-state index in [1.54, 1.807) is 0 Å². The van der Waals surface area contributed by atoms with E-state index in [9.17, 15) is 9.90 Å². The molecule has 0 bridgehead atoms. The zero-order valence-corrected chi connectivity index (χ0v) is 25.6. The van der Waals surface area contributed by atoms with Crippen LogP contribution in [0.1, 0.15) is 175 Å². The van der Waals surface area contributed by atoms with Crippen LogP contribution in [-0.2, 0) is 14.3 Å². The van der Waals surface area contributed by atoms with Crippen molar-refractivity contribution in [2.24, 2.45) is 0 Å². The maximum Gasteiger partial charge on any atom is 0.119 e. The standard InChI is InChI=1S/C23H48O3.C10H20O/c1-3-5-7-9-11-13-15-17-19-25-21-23(24)22-26-20-18-16-14-12-10-8-6-4-2;1-2-3-4-5-6-7-8-9-10-11/h23-24H,3-22H2,1-2H3;10H,2-9H2,1H3. The maximum absolute atomic E-state index is 9.94. The van der Waals surface area contributed by atoms with Crippen molar-refractivity contribution in [1.29, 1.82) is 0 Å². The lowest BCUT2D eigenvalue weighted by Gasteiger charge is -2.12. The Balaban J connectivity index is 0. The van der Waals surface area contributed by atoms with E-state index in [2.05, 4.69) is 20.8 Å². The molecular formula is C33H68O4. The molecule has 224 valence electrons. The minimum absolute atomic E-state index is 0.411. The summed E-state index contributed by atoms with van der Waals surface area (Å²) in [6.45, 7) is 9.10. The summed E-state index contributed by atoms with van der Waals surface area (Å²) in [6, 6.07) is 0. The van der Waals surface area contributed by atoms with Gasteiger partial charge in [-0.1, -0.05) is 149 Å². The molecule has 0 saturated carbocycles. The zero-order chi connectivity index (χ0) is 27.5. The number of rotatable bonds is 30. The van der Waals surface area contributed by atoms with Gasteiger partial charge in [-0.25, -0.2) is 0 Å². The van der Waals surface area contributed by atoms with Crippen LogP contribution in [0.2, 0.25) is 0 Å². The Morgan fingerprint density at radius 3 is 1.11 bits per heavy atom. The van der Waals surface area contributed by atoms with Gasteiger partial charge in [0, 0.05) is 19.6 Å². The third-order valence-corrected chi connectivity index (χ3v) is 6.83. The fourth-order valence-corrected chi connectivity index (χ4v) is 4.35. The molecule has 0 aromatic rings. The predicted octanol–water partition coefficient (Wildman–Crippen LogP) is 9.99. The smallest absolute Gasteiger partial charge is 0.119 e. The first kappa shape index (κ1) is 38.7. The molecule has 0 amide bonds. The number of ether oxygens (including phenoxy) is 2. The van der Waals surface area contributed by atoms with Gasteiger partial charge in [0.05, 0.1) is 13.2 Å². The topological polar surface area (TPSA) is 55.8 Å². The van der Waals surface area contributed by atoms with Gasteiger partial charge in [0.25, 0.3) is 0 Å². The molecule has 37 heavy (non-hydrogen) atoms. The lowest BCUT2D eigenvalue weighted by atomic mass is 10.1. The average Bonchev–Trinajstić information content (AvgIpc) is 2.90. The molecule has 4 heteroatoms. The number of unbranched alkanes of at least 4 members (excludes halogenated alkanes) is 21. The second-order valence-electron chi connectivity index (χ2n) is 10.8. The predicted molar refractivity (Wildman–Crippen MR) is 162 cm³/mol. The van der Waals surface area contributed by atoms with Gasteiger partial charge in [-0.05, 0) is 19.3 Å². The Bertz CT molecular complexity index is 365. The zero-order valence-electron chi connectivity index (χ0n) is 25.6. The molecule has 0 atom stereocenters. The molecule has 0 aliphatic rings. The van der Waals surface area contributed by atoms with Gasteiger partial charge >= 0.3 is 0 Å². The van der Waals surface area contributed by atoms with Gasteiger partial charge < -0.3 is 19.4 Å². The van der Waals surface area contributed by atoms with Crippen LogP contribution >= 0.6 is 0 Å². The summed E-state index contributed by atoms with van der Waals surface area (Å²) in [4.78, 5) is 9.94. The van der Waals surface area contributed by atoms with Crippen molar-refractivity contribution >= 4 is 6.29 Å². The number of hydrogen-bond acceptors (Lipinski definition) is 4. The summed E-state index contributed by atoms with van der Waals surface area (Å²) in [5.74, 6) is 0. The first-order valence-electron chi connectivity index (χ1n) is 16.5. The molecule has 0 rings (SSSR count). The minimum Gasteiger partial charge on any atom is -0.388 e. The van der Waals surface area contributed by atoms with Crippen LogP contribution in [0.4, 0.5) is 0 Å². The van der Waals surface area contributed by atoms with Gasteiger partial charge in [-0.3, -0.25) is 0 Å². The first-order chi connectivity index (χ1) is 18.2. The van der Waals surface area contributed by atoms with Crippen LogP contribution in [0.25, 0.3) is 0 Å². The summed E-state index contributed by atoms with van der Waals surface area (Å²) < 4.78 is 11.1. The Kier molecular flexibility index (Phi) is 39.4. The van der Waals surface area contributed by atoms with Crippen molar-refractivity contribution in [3.8, 4) is 0 Å². The fraction of sp³-hybridized carbons (Fsp3) is 0.970. The number of hydrogen-bond donors (Lipinski definition) is 1. The monoisotopic (exact) mass is 529 g/mol. The van der Waals surface area contributed by atoms with E-state index in [4.69, 9.17) is 9.47 Å². The summed E-state index contributed by atoms with van der Waals surface area (Å²) in [5, 5.41) is 9.85. The molecule has 0 aliphatic carbocycles. The Hall–Kier alpha value is -0.450. The highest BCUT2D eigenvalue weighted by Crippen LogP contribution is 2.10. The Morgan fingerprint density at radius 2 is 0.784 bits per heavy atom. The lowest BCUT2D eigenvalue weighted by molar-refractivity contribution is -0.107. The quantitative estimate of drug-likeness (QED) is 0.0744. The molecule has 0 fully saturated rings. The number of aldehydes is 1. The minimum atomic E-state index is -0.474. The molecule has 4 nitrogen and oxygen atoms in total. The van der Waals surface area contributed by atoms with Crippen LogP contribution in [-0.4, -0.2) is 43.9 Å². The number of carbonyl (C=O) groups is 1. The van der Waals surface area contributed by atoms with Crippen LogP contribution in [0.15, 0.2) is 0 Å². The summed E-state index contributed by atoms with van der Waals surface area (Å²) >= 11 is 0. The molecule has 0 unspecified atom stereocenters. The third kappa shape index (κ3) is 40.2. The lowest BCUT2D eigenvalue weighted by Crippen LogP contribution is -2.22. The summed E-state index contributed by atoms with van der Waals surface area (Å²) in [5.41, 5.74) is 0. The SMILES string of the molecule is CCCCCCCCCC=O.CCCCCCCCCCOCC(O)COCCCCCCCCCC. The van der Waals surface area contributed by atoms with Gasteiger partial charge in [-0.2, -0.15) is 0 Å². The largest absolute Gasteiger partial charge is 0.388 e. The van der Waals surface area contributed by atoms with Crippen molar-refractivity contribution in [3.05, 3.63) is 0 Å². The van der Waals surface area contributed by atoms with Crippen LogP contribution in [0.5, 0.6) is 0 Å². The van der Waals surface area contributed by atoms with Crippen molar-refractivity contribution in [2.75, 3.05) is 26.4 Å². The second-order valence-corrected chi connectivity index (χ2v) is 10.8. The first-order valence-corrected chi connectivity index (χ1v) is 16.5. The number of aliphatic hydroxyl groups is 1. The molecule has 1 N–H and O–H groups in total. The Labute approximate surface area is 233 Å². The summed E-state index contributed by atoms with van der Waals surface area (Å²) in [7, 11) is 0. The molecule has 0 aromatic carbocycles. The van der Waals surface area contributed by atoms with E-state index in [-0.39, 0.29) is 0 Å². The highest BCUT2D eigenvalue weighted by atomic mass is 16.5. The second kappa shape index (κ2) is 37.7. The van der Waals surface area contributed by atoms with Gasteiger partial charge in [-0.15, -0.1) is 0 Å². The van der Waals surface area contributed by atoms with Crippen molar-refractivity contribution < 1.29 is 19.4 Å². The van der Waals surface area contributed by atoms with Crippen LogP contribution in [0, 0.1) is 0 Å². The van der Waals surface area contributed by atoms with E-state index in [1.165, 1.54) is 128 Å². The van der Waals surface area contributed by atoms with Crippen molar-refractivity contribution in [3.63, 3.8) is 0 Å². The molecule has 0 aromatic heterocycles. The normalized spacial score (nSPS) is 11.1. The van der Waals surface area contributed by atoms with E-state index < -0.39 is 6.10 Å².